The Bertz CT molecular complexity index is 542. The normalized spacial score (nSPS) is 22.1. The van der Waals surface area contributed by atoms with Crippen LogP contribution >= 0.6 is 0 Å². The third kappa shape index (κ3) is 2.55. The quantitative estimate of drug-likeness (QED) is 0.787. The van der Waals surface area contributed by atoms with Crippen LogP contribution < -0.4 is 5.32 Å². The first-order chi connectivity index (χ1) is 10.0. The van der Waals surface area contributed by atoms with E-state index in [9.17, 15) is 27.6 Å². The number of esters is 1. The van der Waals surface area contributed by atoms with E-state index in [1.165, 1.54) is 6.92 Å². The van der Waals surface area contributed by atoms with Crippen molar-refractivity contribution in [2.75, 3.05) is 13.7 Å². The van der Waals surface area contributed by atoms with Crippen LogP contribution in [0.1, 0.15) is 27.2 Å². The summed E-state index contributed by atoms with van der Waals surface area (Å²) in [6, 6.07) is 0. The van der Waals surface area contributed by atoms with Gasteiger partial charge in [-0.1, -0.05) is 6.92 Å². The van der Waals surface area contributed by atoms with Crippen molar-refractivity contribution in [2.45, 2.75) is 38.9 Å². The van der Waals surface area contributed by atoms with Gasteiger partial charge in [0.15, 0.2) is 0 Å². The fourth-order valence-corrected chi connectivity index (χ4v) is 2.48. The summed E-state index contributed by atoms with van der Waals surface area (Å²) in [5.74, 6) is -3.80. The van der Waals surface area contributed by atoms with E-state index in [0.29, 0.717) is 6.42 Å². The number of carbonyl (C=O) groups is 3. The predicted molar refractivity (Wildman–Crippen MR) is 69.3 cm³/mol. The maximum atomic E-state index is 13.7. The molecule has 2 amide bonds. The Morgan fingerprint density at radius 3 is 2.27 bits per heavy atom. The molecule has 1 rings (SSSR count). The van der Waals surface area contributed by atoms with Gasteiger partial charge in [-0.25, -0.2) is 4.79 Å². The van der Waals surface area contributed by atoms with Gasteiger partial charge in [0.1, 0.15) is 5.57 Å². The molecule has 0 aromatic carbocycles. The minimum atomic E-state index is -5.19. The van der Waals surface area contributed by atoms with E-state index in [4.69, 9.17) is 0 Å². The highest BCUT2D eigenvalue weighted by molar-refractivity contribution is 6.10. The van der Waals surface area contributed by atoms with Crippen molar-refractivity contribution in [3.63, 3.8) is 0 Å². The number of ether oxygens (including phenoxy) is 1. The molecule has 1 N–H and O–H groups in total. The first kappa shape index (κ1) is 18.0. The van der Waals surface area contributed by atoms with Crippen LogP contribution in [0.15, 0.2) is 11.3 Å². The molecule has 0 spiro atoms. The zero-order valence-corrected chi connectivity index (χ0v) is 12.6. The molecule has 1 aliphatic heterocycles. The van der Waals surface area contributed by atoms with Gasteiger partial charge in [0.2, 0.25) is 11.4 Å². The maximum Gasteiger partial charge on any atom is 0.425 e. The highest BCUT2D eigenvalue weighted by Crippen LogP contribution is 2.45. The molecule has 0 aromatic heterocycles. The third-order valence-corrected chi connectivity index (χ3v) is 3.33. The molecule has 0 aromatic rings. The number of nitrogens with one attached hydrogen (secondary N) is 1. The van der Waals surface area contributed by atoms with Gasteiger partial charge < -0.3 is 15.0 Å². The van der Waals surface area contributed by atoms with Crippen molar-refractivity contribution < 1.29 is 32.3 Å². The molecule has 0 saturated heterocycles. The van der Waals surface area contributed by atoms with Gasteiger partial charge in [-0.2, -0.15) is 13.2 Å². The number of hydrogen-bond donors (Lipinski definition) is 1. The smallest absolute Gasteiger partial charge is 0.425 e. The van der Waals surface area contributed by atoms with Gasteiger partial charge >= 0.3 is 12.1 Å². The van der Waals surface area contributed by atoms with Gasteiger partial charge in [-0.15, -0.1) is 0 Å². The molecule has 0 aliphatic carbocycles. The Kier molecular flexibility index (Phi) is 4.89. The SMILES string of the molecule is CCCN1C(=O)[C@@](NC(C)=O)(C(F)(F)F)C(C(=O)OC)=C1C. The summed E-state index contributed by atoms with van der Waals surface area (Å²) in [5, 5.41) is 1.62. The fourth-order valence-electron chi connectivity index (χ4n) is 2.48. The first-order valence-electron chi connectivity index (χ1n) is 6.51. The topological polar surface area (TPSA) is 75.7 Å². The monoisotopic (exact) mass is 322 g/mol. The lowest BCUT2D eigenvalue weighted by Crippen LogP contribution is -2.66. The van der Waals surface area contributed by atoms with Crippen LogP contribution in [0.4, 0.5) is 13.2 Å². The molecule has 0 unspecified atom stereocenters. The Morgan fingerprint density at radius 1 is 1.36 bits per heavy atom. The molecule has 1 heterocycles. The predicted octanol–water partition coefficient (Wildman–Crippen LogP) is 1.12. The zero-order valence-electron chi connectivity index (χ0n) is 12.6. The molecular weight excluding hydrogens is 305 g/mol. The van der Waals surface area contributed by atoms with E-state index < -0.39 is 35.1 Å². The molecule has 0 bridgehead atoms. The van der Waals surface area contributed by atoms with Crippen LogP contribution in [0.2, 0.25) is 0 Å². The Hall–Kier alpha value is -2.06. The summed E-state index contributed by atoms with van der Waals surface area (Å²) in [5.41, 5.74) is -4.49. The van der Waals surface area contributed by atoms with Crippen LogP contribution in [0.5, 0.6) is 0 Å². The molecular formula is C13H17F3N2O4. The average Bonchev–Trinajstić information content (AvgIpc) is 2.60. The lowest BCUT2D eigenvalue weighted by Gasteiger charge is -2.32. The van der Waals surface area contributed by atoms with Crippen LogP contribution in [-0.2, 0) is 19.1 Å². The second kappa shape index (κ2) is 5.98. The standard InChI is InChI=1S/C13H17F3N2O4/c1-5-6-18-7(2)9(10(20)22-4)12(11(18)21,13(14,15)16)17-8(3)19/h5-6H2,1-4H3,(H,17,19)/t12-/m1/s1. The molecule has 6 nitrogen and oxygen atoms in total. The number of hydrogen-bond acceptors (Lipinski definition) is 4. The van der Waals surface area contributed by atoms with E-state index in [-0.39, 0.29) is 12.2 Å². The Labute approximate surface area is 125 Å². The van der Waals surface area contributed by atoms with E-state index >= 15 is 0 Å². The molecule has 0 fully saturated rings. The number of nitrogens with zero attached hydrogens (tertiary/aromatic N) is 1. The van der Waals surface area contributed by atoms with Crippen molar-refractivity contribution in [3.8, 4) is 0 Å². The molecule has 0 saturated carbocycles. The van der Waals surface area contributed by atoms with Gasteiger partial charge in [0, 0.05) is 19.2 Å². The number of alkyl halides is 3. The largest absolute Gasteiger partial charge is 0.466 e. The van der Waals surface area contributed by atoms with Gasteiger partial charge in [0.05, 0.1) is 7.11 Å². The summed E-state index contributed by atoms with van der Waals surface area (Å²) in [6.07, 6.45) is -4.81. The maximum absolute atomic E-state index is 13.7. The van der Waals surface area contributed by atoms with Crippen LogP contribution in [0.3, 0.4) is 0 Å². The second-order valence-corrected chi connectivity index (χ2v) is 4.84. The van der Waals surface area contributed by atoms with E-state index in [2.05, 4.69) is 4.74 Å². The molecule has 0 radical (unpaired) electrons. The number of rotatable bonds is 4. The second-order valence-electron chi connectivity index (χ2n) is 4.84. The average molecular weight is 322 g/mol. The summed E-state index contributed by atoms with van der Waals surface area (Å²) in [7, 11) is 0.907. The van der Waals surface area contributed by atoms with Crippen molar-refractivity contribution >= 4 is 17.8 Å². The van der Waals surface area contributed by atoms with Crippen LogP contribution in [0.25, 0.3) is 0 Å². The minimum Gasteiger partial charge on any atom is -0.466 e. The lowest BCUT2D eigenvalue weighted by molar-refractivity contribution is -0.195. The van der Waals surface area contributed by atoms with Crippen molar-refractivity contribution in [2.24, 2.45) is 0 Å². The highest BCUT2D eigenvalue weighted by Gasteiger charge is 2.70. The number of allylic oxidation sites excluding steroid dienone is 1. The van der Waals surface area contributed by atoms with Crippen molar-refractivity contribution in [3.05, 3.63) is 11.3 Å². The first-order valence-corrected chi connectivity index (χ1v) is 6.51. The Balaban J connectivity index is 3.66. The summed E-state index contributed by atoms with van der Waals surface area (Å²) in [4.78, 5) is 36.3. The molecule has 1 aliphatic rings. The molecule has 22 heavy (non-hydrogen) atoms. The Morgan fingerprint density at radius 2 is 1.91 bits per heavy atom. The van der Waals surface area contributed by atoms with Gasteiger partial charge in [0.25, 0.3) is 5.91 Å². The third-order valence-electron chi connectivity index (χ3n) is 3.33. The van der Waals surface area contributed by atoms with E-state index in [0.717, 1.165) is 18.9 Å². The highest BCUT2D eigenvalue weighted by atomic mass is 19.4. The molecule has 1 atom stereocenters. The van der Waals surface area contributed by atoms with Crippen LogP contribution in [-0.4, -0.2) is 48.1 Å². The lowest BCUT2D eigenvalue weighted by atomic mass is 9.89. The summed E-state index contributed by atoms with van der Waals surface area (Å²) in [6.45, 7) is 3.72. The van der Waals surface area contributed by atoms with E-state index in [1.54, 1.807) is 12.2 Å². The number of halogens is 3. The van der Waals surface area contributed by atoms with Gasteiger partial charge in [-0.05, 0) is 13.3 Å². The number of carbonyl (C=O) groups excluding carboxylic acids is 3. The fraction of sp³-hybridized carbons (Fsp3) is 0.615. The molecule has 124 valence electrons. The molecule has 9 heteroatoms. The minimum absolute atomic E-state index is 0.0113. The zero-order chi connectivity index (χ0) is 17.3. The van der Waals surface area contributed by atoms with Gasteiger partial charge in [-0.3, -0.25) is 9.59 Å². The number of amides is 2. The van der Waals surface area contributed by atoms with E-state index in [1.807, 2.05) is 0 Å². The number of methoxy groups -OCH3 is 1. The summed E-state index contributed by atoms with van der Waals surface area (Å²) < 4.78 is 45.4. The van der Waals surface area contributed by atoms with Crippen LogP contribution in [0, 0.1) is 0 Å². The van der Waals surface area contributed by atoms with Crippen molar-refractivity contribution in [1.29, 1.82) is 0 Å². The summed E-state index contributed by atoms with van der Waals surface area (Å²) >= 11 is 0. The van der Waals surface area contributed by atoms with Crippen molar-refractivity contribution in [1.82, 2.24) is 10.2 Å².